The van der Waals surface area contributed by atoms with Crippen molar-refractivity contribution in [3.8, 4) is 22.6 Å². The number of anilines is 1. The highest BCUT2D eigenvalue weighted by Gasteiger charge is 2.20. The molecule has 0 saturated heterocycles. The molecular formula is C24H20ClN7O. The standard InChI is InChI=1S/C24H20ClN7O/c1-32-8-7-19(31-32)23-22(15-10-16-13-27-30-21(16)18(25)11-15)28-20(24(26)29-23)12-17(33)9-14-5-3-2-4-6-14/h2-8,10-11,13H,9,12H2,1H3,(H2,26,29)(H,27,30). The van der Waals surface area contributed by atoms with Crippen molar-refractivity contribution in [2.24, 2.45) is 7.05 Å². The summed E-state index contributed by atoms with van der Waals surface area (Å²) in [7, 11) is 1.82. The molecule has 0 radical (unpaired) electrons. The van der Waals surface area contributed by atoms with E-state index in [1.54, 1.807) is 16.9 Å². The van der Waals surface area contributed by atoms with Gasteiger partial charge in [0.1, 0.15) is 23.0 Å². The molecule has 0 unspecified atom stereocenters. The smallest absolute Gasteiger partial charge is 0.146 e. The maximum absolute atomic E-state index is 12.8. The topological polar surface area (TPSA) is 115 Å². The number of aromatic amines is 1. The third-order valence-corrected chi connectivity index (χ3v) is 5.64. The van der Waals surface area contributed by atoms with Gasteiger partial charge < -0.3 is 5.73 Å². The van der Waals surface area contributed by atoms with Crippen LogP contribution in [0.4, 0.5) is 5.82 Å². The maximum atomic E-state index is 12.8. The molecule has 0 atom stereocenters. The van der Waals surface area contributed by atoms with Crippen LogP contribution < -0.4 is 5.73 Å². The fourth-order valence-corrected chi connectivity index (χ4v) is 4.03. The molecule has 0 amide bonds. The second-order valence-corrected chi connectivity index (χ2v) is 8.20. The third-order valence-electron chi connectivity index (χ3n) is 5.34. The van der Waals surface area contributed by atoms with Crippen molar-refractivity contribution >= 4 is 34.1 Å². The highest BCUT2D eigenvalue weighted by molar-refractivity contribution is 6.35. The Morgan fingerprint density at radius 1 is 1.09 bits per heavy atom. The number of ketones is 1. The third kappa shape index (κ3) is 4.20. The molecule has 3 heterocycles. The van der Waals surface area contributed by atoms with Crippen molar-refractivity contribution < 1.29 is 4.79 Å². The Morgan fingerprint density at radius 3 is 2.67 bits per heavy atom. The zero-order valence-corrected chi connectivity index (χ0v) is 18.5. The van der Waals surface area contributed by atoms with Crippen molar-refractivity contribution in [3.63, 3.8) is 0 Å². The van der Waals surface area contributed by atoms with E-state index in [-0.39, 0.29) is 18.0 Å². The summed E-state index contributed by atoms with van der Waals surface area (Å²) in [6, 6.07) is 15.1. The number of nitrogen functional groups attached to an aromatic ring is 1. The van der Waals surface area contributed by atoms with E-state index in [0.717, 1.165) is 22.0 Å². The molecule has 33 heavy (non-hydrogen) atoms. The summed E-state index contributed by atoms with van der Waals surface area (Å²) >= 11 is 6.48. The van der Waals surface area contributed by atoms with Gasteiger partial charge in [-0.1, -0.05) is 41.9 Å². The number of H-pyrrole nitrogens is 1. The minimum absolute atomic E-state index is 0.00190. The van der Waals surface area contributed by atoms with Gasteiger partial charge in [0, 0.05) is 30.6 Å². The van der Waals surface area contributed by atoms with E-state index in [0.29, 0.717) is 34.2 Å². The average molecular weight is 458 g/mol. The number of nitrogens with zero attached hydrogens (tertiary/aromatic N) is 5. The molecule has 3 N–H and O–H groups in total. The number of aryl methyl sites for hydroxylation is 1. The second kappa shape index (κ2) is 8.48. The van der Waals surface area contributed by atoms with Crippen LogP contribution in [0.5, 0.6) is 0 Å². The van der Waals surface area contributed by atoms with Gasteiger partial charge in [0.25, 0.3) is 0 Å². The number of nitrogens with one attached hydrogen (secondary N) is 1. The summed E-state index contributed by atoms with van der Waals surface area (Å²) in [6.07, 6.45) is 3.89. The number of hydrogen-bond acceptors (Lipinski definition) is 6. The summed E-state index contributed by atoms with van der Waals surface area (Å²) < 4.78 is 1.68. The summed E-state index contributed by atoms with van der Waals surface area (Å²) in [5.74, 6) is 0.207. The van der Waals surface area contributed by atoms with Crippen LogP contribution in [-0.4, -0.2) is 35.7 Å². The number of benzene rings is 2. The number of carbonyl (C=O) groups excluding carboxylic acids is 1. The van der Waals surface area contributed by atoms with Crippen molar-refractivity contribution in [1.29, 1.82) is 0 Å². The first-order chi connectivity index (χ1) is 16.0. The van der Waals surface area contributed by atoms with E-state index in [1.165, 1.54) is 0 Å². The van der Waals surface area contributed by atoms with Crippen molar-refractivity contribution in [2.45, 2.75) is 12.8 Å². The molecule has 5 aromatic rings. The average Bonchev–Trinajstić information content (AvgIpc) is 3.45. The predicted molar refractivity (Wildman–Crippen MR) is 128 cm³/mol. The highest BCUT2D eigenvalue weighted by Crippen LogP contribution is 2.34. The van der Waals surface area contributed by atoms with E-state index in [9.17, 15) is 4.79 Å². The Hall–Kier alpha value is -4.04. The van der Waals surface area contributed by atoms with Gasteiger partial charge in [0.2, 0.25) is 0 Å². The summed E-state index contributed by atoms with van der Waals surface area (Å²) in [6.45, 7) is 0. The molecule has 8 nitrogen and oxygen atoms in total. The van der Waals surface area contributed by atoms with Gasteiger partial charge in [0.05, 0.1) is 34.5 Å². The van der Waals surface area contributed by atoms with Crippen LogP contribution >= 0.6 is 11.6 Å². The lowest BCUT2D eigenvalue weighted by Gasteiger charge is -2.12. The van der Waals surface area contributed by atoms with E-state index >= 15 is 0 Å². The number of nitrogens with two attached hydrogens (primary N) is 1. The number of aromatic nitrogens is 6. The fourth-order valence-electron chi connectivity index (χ4n) is 3.76. The molecule has 5 rings (SSSR count). The molecule has 164 valence electrons. The Labute approximate surface area is 194 Å². The van der Waals surface area contributed by atoms with Gasteiger partial charge in [-0.25, -0.2) is 9.97 Å². The second-order valence-electron chi connectivity index (χ2n) is 7.80. The van der Waals surface area contributed by atoms with Gasteiger partial charge in [-0.05, 0) is 23.8 Å². The minimum Gasteiger partial charge on any atom is -0.382 e. The fraction of sp³-hybridized carbons (Fsp3) is 0.125. The van der Waals surface area contributed by atoms with Crippen molar-refractivity contribution in [1.82, 2.24) is 29.9 Å². The minimum atomic E-state index is 0.00190. The van der Waals surface area contributed by atoms with Crippen LogP contribution in [0.15, 0.2) is 60.9 Å². The number of Topliss-reactive ketones (excluding diaryl/α,β-unsaturated/α-hetero) is 1. The van der Waals surface area contributed by atoms with Gasteiger partial charge in [-0.15, -0.1) is 0 Å². The van der Waals surface area contributed by atoms with Crippen LogP contribution in [0.1, 0.15) is 11.3 Å². The number of rotatable bonds is 6. The van der Waals surface area contributed by atoms with Crippen LogP contribution in [0.2, 0.25) is 5.02 Å². The number of carbonyl (C=O) groups is 1. The molecule has 9 heteroatoms. The Kier molecular flexibility index (Phi) is 5.35. The van der Waals surface area contributed by atoms with Gasteiger partial charge in [-0.2, -0.15) is 10.2 Å². The molecule has 2 aromatic carbocycles. The molecule has 0 bridgehead atoms. The van der Waals surface area contributed by atoms with E-state index < -0.39 is 0 Å². The molecule has 0 saturated carbocycles. The van der Waals surface area contributed by atoms with Crippen LogP contribution in [-0.2, 0) is 24.7 Å². The lowest BCUT2D eigenvalue weighted by molar-refractivity contribution is -0.117. The summed E-state index contributed by atoms with van der Waals surface area (Å²) in [4.78, 5) is 22.2. The predicted octanol–water partition coefficient (Wildman–Crippen LogP) is 4.01. The number of fused-ring (bicyclic) bond motifs is 1. The molecule has 3 aromatic heterocycles. The first kappa shape index (κ1) is 20.8. The lowest BCUT2D eigenvalue weighted by atomic mass is 10.0. The Balaban J connectivity index is 1.59. The molecule has 0 aliphatic rings. The quantitative estimate of drug-likeness (QED) is 0.398. The maximum Gasteiger partial charge on any atom is 0.146 e. The van der Waals surface area contributed by atoms with Gasteiger partial charge in [0.15, 0.2) is 0 Å². The SMILES string of the molecule is Cn1ccc(-c2nc(N)c(CC(=O)Cc3ccccc3)nc2-c2cc(Cl)c3[nH]ncc3c2)n1. The first-order valence-corrected chi connectivity index (χ1v) is 10.7. The van der Waals surface area contributed by atoms with E-state index in [2.05, 4.69) is 20.3 Å². The normalized spacial score (nSPS) is 11.2. The number of halogens is 1. The Bertz CT molecular complexity index is 1470. The lowest BCUT2D eigenvalue weighted by Crippen LogP contribution is -2.12. The van der Waals surface area contributed by atoms with E-state index in [1.807, 2.05) is 55.7 Å². The zero-order valence-electron chi connectivity index (χ0n) is 17.8. The van der Waals surface area contributed by atoms with E-state index in [4.69, 9.17) is 22.3 Å². The molecule has 0 spiro atoms. The molecule has 0 aliphatic carbocycles. The van der Waals surface area contributed by atoms with Crippen LogP contribution in [0.25, 0.3) is 33.5 Å². The monoisotopic (exact) mass is 457 g/mol. The van der Waals surface area contributed by atoms with Gasteiger partial charge in [-0.3, -0.25) is 14.6 Å². The summed E-state index contributed by atoms with van der Waals surface area (Å²) in [5.41, 5.74) is 10.8. The molecular weight excluding hydrogens is 438 g/mol. The zero-order chi connectivity index (χ0) is 22.9. The molecule has 0 aliphatic heterocycles. The molecule has 0 fully saturated rings. The van der Waals surface area contributed by atoms with Crippen LogP contribution in [0.3, 0.4) is 0 Å². The van der Waals surface area contributed by atoms with Crippen LogP contribution in [0, 0.1) is 0 Å². The largest absolute Gasteiger partial charge is 0.382 e. The highest BCUT2D eigenvalue weighted by atomic mass is 35.5. The summed E-state index contributed by atoms with van der Waals surface area (Å²) in [5, 5.41) is 12.8. The van der Waals surface area contributed by atoms with Crippen molar-refractivity contribution in [3.05, 3.63) is 77.2 Å². The Morgan fingerprint density at radius 2 is 1.91 bits per heavy atom. The van der Waals surface area contributed by atoms with Gasteiger partial charge >= 0.3 is 0 Å². The number of hydrogen-bond donors (Lipinski definition) is 2. The first-order valence-electron chi connectivity index (χ1n) is 10.3. The van der Waals surface area contributed by atoms with Crippen molar-refractivity contribution in [2.75, 3.05) is 5.73 Å².